The van der Waals surface area contributed by atoms with E-state index in [1.807, 2.05) is 30.3 Å². The second-order valence-corrected chi connectivity index (χ2v) is 10.3. The van der Waals surface area contributed by atoms with Gasteiger partial charge in [0, 0.05) is 19.6 Å². The van der Waals surface area contributed by atoms with E-state index in [9.17, 15) is 13.2 Å². The molecule has 2 aliphatic rings. The van der Waals surface area contributed by atoms with E-state index in [-0.39, 0.29) is 18.4 Å². The third-order valence-electron chi connectivity index (χ3n) is 6.24. The number of carbonyl (C=O) groups excluding carboxylic acids is 1. The molecule has 160 valence electrons. The third-order valence-corrected chi connectivity index (χ3v) is 8.11. The van der Waals surface area contributed by atoms with Crippen LogP contribution in [0.1, 0.15) is 44.9 Å². The second kappa shape index (κ2) is 9.31. The van der Waals surface area contributed by atoms with Crippen LogP contribution in [0.25, 0.3) is 10.8 Å². The first-order valence-electron chi connectivity index (χ1n) is 11.0. The third kappa shape index (κ3) is 4.76. The zero-order valence-electron chi connectivity index (χ0n) is 17.3. The Morgan fingerprint density at radius 2 is 1.90 bits per heavy atom. The number of sulfonamides is 1. The maximum atomic E-state index is 13.2. The molecule has 4 rings (SSSR count). The zero-order chi connectivity index (χ0) is 21.0. The summed E-state index contributed by atoms with van der Waals surface area (Å²) >= 11 is 0. The van der Waals surface area contributed by atoms with Crippen LogP contribution >= 0.6 is 0 Å². The molecule has 0 spiro atoms. The molecule has 30 heavy (non-hydrogen) atoms. The second-order valence-electron chi connectivity index (χ2n) is 8.36. The van der Waals surface area contributed by atoms with Crippen LogP contribution in [0.5, 0.6) is 0 Å². The number of carbonyl (C=O) groups is 1. The van der Waals surface area contributed by atoms with Gasteiger partial charge in [-0.15, -0.1) is 0 Å². The molecule has 1 aliphatic heterocycles. The summed E-state index contributed by atoms with van der Waals surface area (Å²) in [5, 5.41) is 4.95. The topological polar surface area (TPSA) is 66.5 Å². The van der Waals surface area contributed by atoms with Gasteiger partial charge >= 0.3 is 0 Å². The number of piperidine rings is 1. The van der Waals surface area contributed by atoms with E-state index in [1.165, 1.54) is 22.7 Å². The highest BCUT2D eigenvalue weighted by molar-refractivity contribution is 7.89. The fraction of sp³-hybridized carbons (Fsp3) is 0.458. The van der Waals surface area contributed by atoms with Crippen molar-refractivity contribution in [3.05, 3.63) is 54.1 Å². The van der Waals surface area contributed by atoms with Crippen molar-refractivity contribution in [2.24, 2.45) is 5.92 Å². The van der Waals surface area contributed by atoms with Gasteiger partial charge in [-0.2, -0.15) is 4.31 Å². The normalized spacial score (nSPS) is 20.7. The Hall–Kier alpha value is -2.18. The van der Waals surface area contributed by atoms with Gasteiger partial charge in [0.15, 0.2) is 0 Å². The van der Waals surface area contributed by atoms with E-state index in [0.29, 0.717) is 24.4 Å². The largest absolute Gasteiger partial charge is 0.356 e. The number of benzene rings is 2. The molecule has 2 aromatic rings. The minimum Gasteiger partial charge on any atom is -0.356 e. The molecule has 1 aliphatic carbocycles. The van der Waals surface area contributed by atoms with Crippen molar-refractivity contribution in [3.63, 3.8) is 0 Å². The number of hydrogen-bond donors (Lipinski definition) is 1. The predicted molar refractivity (Wildman–Crippen MR) is 120 cm³/mol. The molecule has 1 N–H and O–H groups in total. The lowest BCUT2D eigenvalue weighted by atomic mass is 9.96. The summed E-state index contributed by atoms with van der Waals surface area (Å²) in [7, 11) is -3.61. The molecule has 2 aromatic carbocycles. The van der Waals surface area contributed by atoms with Crippen molar-refractivity contribution >= 4 is 26.7 Å². The molecular formula is C24H30N2O3S. The Morgan fingerprint density at radius 3 is 2.70 bits per heavy atom. The van der Waals surface area contributed by atoms with Gasteiger partial charge < -0.3 is 5.32 Å². The molecule has 5 nitrogen and oxygen atoms in total. The summed E-state index contributed by atoms with van der Waals surface area (Å²) in [6.07, 6.45) is 9.42. The first-order valence-corrected chi connectivity index (χ1v) is 12.4. The highest BCUT2D eigenvalue weighted by Crippen LogP contribution is 2.26. The summed E-state index contributed by atoms with van der Waals surface area (Å²) in [5.41, 5.74) is 1.44. The van der Waals surface area contributed by atoms with E-state index in [0.717, 1.165) is 36.5 Å². The van der Waals surface area contributed by atoms with Gasteiger partial charge in [0.1, 0.15) is 0 Å². The van der Waals surface area contributed by atoms with Crippen LogP contribution in [0.3, 0.4) is 0 Å². The SMILES string of the molecule is O=C(NCCC1=CCCCC1)[C@H]1CCCN(S(=O)(=O)c2ccc3ccccc3c2)C1. The molecule has 6 heteroatoms. The molecule has 1 heterocycles. The molecule has 0 aromatic heterocycles. The first kappa shape index (κ1) is 21.1. The van der Waals surface area contributed by atoms with Crippen LogP contribution < -0.4 is 5.32 Å². The van der Waals surface area contributed by atoms with Crippen molar-refractivity contribution in [1.29, 1.82) is 0 Å². The molecular weight excluding hydrogens is 396 g/mol. The van der Waals surface area contributed by atoms with Crippen molar-refractivity contribution < 1.29 is 13.2 Å². The minimum absolute atomic E-state index is 0.0233. The highest BCUT2D eigenvalue weighted by Gasteiger charge is 2.33. The van der Waals surface area contributed by atoms with Gasteiger partial charge in [-0.3, -0.25) is 4.79 Å². The fourth-order valence-electron chi connectivity index (χ4n) is 4.47. The molecule has 1 amide bonds. The summed E-state index contributed by atoms with van der Waals surface area (Å²) in [4.78, 5) is 13.0. The number of rotatable bonds is 6. The van der Waals surface area contributed by atoms with Crippen molar-refractivity contribution in [3.8, 4) is 0 Å². The summed E-state index contributed by atoms with van der Waals surface area (Å²) in [5.74, 6) is -0.306. The van der Waals surface area contributed by atoms with Crippen LogP contribution in [-0.4, -0.2) is 38.3 Å². The van der Waals surface area contributed by atoms with Crippen LogP contribution in [0, 0.1) is 5.92 Å². The number of allylic oxidation sites excluding steroid dienone is 1. The van der Waals surface area contributed by atoms with Crippen LogP contribution in [0.2, 0.25) is 0 Å². The van der Waals surface area contributed by atoms with Crippen molar-refractivity contribution in [1.82, 2.24) is 9.62 Å². The Labute approximate surface area is 179 Å². The lowest BCUT2D eigenvalue weighted by molar-refractivity contribution is -0.126. The average molecular weight is 427 g/mol. The molecule has 1 fully saturated rings. The van der Waals surface area contributed by atoms with Crippen LogP contribution in [-0.2, 0) is 14.8 Å². The van der Waals surface area contributed by atoms with Gasteiger partial charge in [-0.05, 0) is 67.9 Å². The molecule has 1 saturated heterocycles. The van der Waals surface area contributed by atoms with E-state index in [2.05, 4.69) is 11.4 Å². The number of nitrogens with one attached hydrogen (secondary N) is 1. The lowest BCUT2D eigenvalue weighted by Gasteiger charge is -2.31. The first-order chi connectivity index (χ1) is 14.5. The molecule has 1 atom stereocenters. The average Bonchev–Trinajstić information content (AvgIpc) is 2.79. The Bertz CT molecular complexity index is 1050. The Kier molecular flexibility index (Phi) is 6.54. The Morgan fingerprint density at radius 1 is 1.07 bits per heavy atom. The minimum atomic E-state index is -3.61. The van der Waals surface area contributed by atoms with Crippen LogP contribution in [0.15, 0.2) is 59.0 Å². The molecule has 0 radical (unpaired) electrons. The van der Waals surface area contributed by atoms with Gasteiger partial charge in [0.2, 0.25) is 15.9 Å². The summed E-state index contributed by atoms with van der Waals surface area (Å²) < 4.78 is 27.9. The van der Waals surface area contributed by atoms with E-state index in [1.54, 1.807) is 12.1 Å². The van der Waals surface area contributed by atoms with E-state index >= 15 is 0 Å². The Balaban J connectivity index is 1.39. The smallest absolute Gasteiger partial charge is 0.243 e. The standard InChI is InChI=1S/C24H30N2O3S/c27-24(25-15-14-19-7-2-1-3-8-19)22-11-6-16-26(18-22)30(28,29)23-13-12-20-9-4-5-10-21(20)17-23/h4-5,7,9-10,12-13,17,22H,1-3,6,8,11,14-16,18H2,(H,25,27)/t22-/m0/s1. The van der Waals surface area contributed by atoms with Gasteiger partial charge in [0.05, 0.1) is 10.8 Å². The zero-order valence-corrected chi connectivity index (χ0v) is 18.2. The molecule has 0 unspecified atom stereocenters. The summed E-state index contributed by atoms with van der Waals surface area (Å²) in [6, 6.07) is 13.0. The maximum Gasteiger partial charge on any atom is 0.243 e. The number of nitrogens with zero attached hydrogens (tertiary/aromatic N) is 1. The van der Waals surface area contributed by atoms with Gasteiger partial charge in [-0.25, -0.2) is 8.42 Å². The maximum absolute atomic E-state index is 13.2. The quantitative estimate of drug-likeness (QED) is 0.703. The van der Waals surface area contributed by atoms with Crippen LogP contribution in [0.4, 0.5) is 0 Å². The molecule has 0 saturated carbocycles. The predicted octanol–water partition coefficient (Wildman–Crippen LogP) is 4.25. The highest BCUT2D eigenvalue weighted by atomic mass is 32.2. The summed E-state index contributed by atoms with van der Waals surface area (Å²) in [6.45, 7) is 1.36. The van der Waals surface area contributed by atoms with E-state index < -0.39 is 10.0 Å². The number of amides is 1. The lowest BCUT2D eigenvalue weighted by Crippen LogP contribution is -2.45. The van der Waals surface area contributed by atoms with Gasteiger partial charge in [-0.1, -0.05) is 42.0 Å². The molecule has 0 bridgehead atoms. The fourth-order valence-corrected chi connectivity index (χ4v) is 6.03. The monoisotopic (exact) mass is 426 g/mol. The van der Waals surface area contributed by atoms with E-state index in [4.69, 9.17) is 0 Å². The van der Waals surface area contributed by atoms with Crippen molar-refractivity contribution in [2.45, 2.75) is 49.8 Å². The number of hydrogen-bond acceptors (Lipinski definition) is 3. The van der Waals surface area contributed by atoms with Gasteiger partial charge in [0.25, 0.3) is 0 Å². The van der Waals surface area contributed by atoms with Crippen molar-refractivity contribution in [2.75, 3.05) is 19.6 Å². The number of fused-ring (bicyclic) bond motifs is 1.